The molecule has 1 fully saturated rings. The quantitative estimate of drug-likeness (QED) is 0.179. The summed E-state index contributed by atoms with van der Waals surface area (Å²) in [5, 5.41) is 3.48. The molecule has 0 spiro atoms. The van der Waals surface area contributed by atoms with Gasteiger partial charge in [0, 0.05) is 11.4 Å². The second kappa shape index (κ2) is 14.1. The first kappa shape index (κ1) is 28.6. The predicted molar refractivity (Wildman–Crippen MR) is 163 cm³/mol. The molecule has 39 heavy (non-hydrogen) atoms. The molecule has 0 aromatic heterocycles. The largest absolute Gasteiger partial charge is 0.485 e. The van der Waals surface area contributed by atoms with Gasteiger partial charge in [-0.05, 0) is 106 Å². The first-order chi connectivity index (χ1) is 18.9. The Morgan fingerprint density at radius 1 is 0.974 bits per heavy atom. The average Bonchev–Trinajstić information content (AvgIpc) is 2.95. The number of ether oxygens (including phenoxy) is 1. The third-order valence-corrected chi connectivity index (χ3v) is 7.85. The molecule has 0 amide bonds. The van der Waals surface area contributed by atoms with Crippen molar-refractivity contribution >= 4 is 11.5 Å². The van der Waals surface area contributed by atoms with Crippen LogP contribution in [-0.4, -0.2) is 30.3 Å². The molecule has 0 radical (unpaired) electrons. The van der Waals surface area contributed by atoms with Gasteiger partial charge in [0.25, 0.3) is 0 Å². The van der Waals surface area contributed by atoms with E-state index in [1.165, 1.54) is 18.4 Å². The van der Waals surface area contributed by atoms with E-state index >= 15 is 0 Å². The highest BCUT2D eigenvalue weighted by Gasteiger charge is 2.21. The number of hydrogen-bond donors (Lipinski definition) is 1. The van der Waals surface area contributed by atoms with Crippen LogP contribution in [-0.2, 0) is 0 Å². The Morgan fingerprint density at radius 3 is 2.41 bits per heavy atom. The number of ketones is 1. The summed E-state index contributed by atoms with van der Waals surface area (Å²) < 4.78 is 6.45. The highest BCUT2D eigenvalue weighted by atomic mass is 16.5. The van der Waals surface area contributed by atoms with Crippen molar-refractivity contribution in [2.75, 3.05) is 25.0 Å². The van der Waals surface area contributed by atoms with E-state index in [-0.39, 0.29) is 11.9 Å². The molecule has 1 saturated heterocycles. The Labute approximate surface area is 235 Å². The summed E-state index contributed by atoms with van der Waals surface area (Å²) in [7, 11) is 0. The lowest BCUT2D eigenvalue weighted by Gasteiger charge is -2.32. The van der Waals surface area contributed by atoms with Gasteiger partial charge in [0.2, 0.25) is 0 Å². The Kier molecular flexibility index (Phi) is 10.4. The summed E-state index contributed by atoms with van der Waals surface area (Å²) in [5.41, 5.74) is 5.45. The maximum atomic E-state index is 12.1. The van der Waals surface area contributed by atoms with E-state index in [0.717, 1.165) is 55.8 Å². The minimum atomic E-state index is -0.0647. The first-order valence-corrected chi connectivity index (χ1v) is 14.5. The molecule has 4 nitrogen and oxygen atoms in total. The standard InChI is InChI=1S/C35H44N2O2/c1-26(2)27(3)36-32-16-12-15-31(25-32)29-20-23-37(24-21-29)22-11-10-18-34(30-13-6-5-7-14-30)39-35-19-9-8-17-33(35)28(4)38/h5-9,12-17,19,25-26,29,34,36H,3,10-11,18,20-24H2,1-2,4H3. The molecule has 4 rings (SSSR count). The number of para-hydroxylation sites is 1. The summed E-state index contributed by atoms with van der Waals surface area (Å²) in [6, 6.07) is 26.8. The minimum Gasteiger partial charge on any atom is -0.485 e. The van der Waals surface area contributed by atoms with Crippen LogP contribution in [0.15, 0.2) is 91.1 Å². The van der Waals surface area contributed by atoms with Crippen molar-refractivity contribution < 1.29 is 9.53 Å². The monoisotopic (exact) mass is 524 g/mol. The number of piperidine rings is 1. The molecule has 4 heteroatoms. The van der Waals surface area contributed by atoms with Crippen LogP contribution in [0.25, 0.3) is 0 Å². The van der Waals surface area contributed by atoms with Crippen LogP contribution < -0.4 is 10.1 Å². The number of carbonyl (C=O) groups is 1. The lowest BCUT2D eigenvalue weighted by atomic mass is 9.89. The number of carbonyl (C=O) groups excluding carboxylic acids is 1. The number of unbranched alkanes of at least 4 members (excludes halogenated alkanes) is 1. The van der Waals surface area contributed by atoms with E-state index in [2.05, 4.69) is 79.2 Å². The smallest absolute Gasteiger partial charge is 0.163 e. The summed E-state index contributed by atoms with van der Waals surface area (Å²) in [4.78, 5) is 14.7. The Balaban J connectivity index is 1.26. The van der Waals surface area contributed by atoms with Gasteiger partial charge in [-0.25, -0.2) is 0 Å². The van der Waals surface area contributed by atoms with Gasteiger partial charge in [0.05, 0.1) is 5.56 Å². The van der Waals surface area contributed by atoms with Gasteiger partial charge < -0.3 is 15.0 Å². The molecule has 1 unspecified atom stereocenters. The van der Waals surface area contributed by atoms with Crippen LogP contribution in [0.4, 0.5) is 5.69 Å². The molecule has 3 aromatic rings. The molecule has 0 aliphatic carbocycles. The molecule has 1 aliphatic rings. The summed E-state index contributed by atoms with van der Waals surface area (Å²) in [5.74, 6) is 1.74. The number of nitrogens with one attached hydrogen (secondary N) is 1. The van der Waals surface area contributed by atoms with Gasteiger partial charge in [0.1, 0.15) is 11.9 Å². The zero-order valence-electron chi connectivity index (χ0n) is 23.9. The number of benzene rings is 3. The lowest BCUT2D eigenvalue weighted by molar-refractivity contribution is 0.100. The number of hydrogen-bond acceptors (Lipinski definition) is 4. The molecule has 206 valence electrons. The van der Waals surface area contributed by atoms with Crippen molar-refractivity contribution in [1.29, 1.82) is 0 Å². The van der Waals surface area contributed by atoms with Crippen molar-refractivity contribution in [3.8, 4) is 5.75 Å². The fourth-order valence-electron chi connectivity index (χ4n) is 5.33. The summed E-state index contributed by atoms with van der Waals surface area (Å²) in [6.45, 7) is 13.5. The number of allylic oxidation sites excluding steroid dienone is 1. The van der Waals surface area contributed by atoms with Gasteiger partial charge in [-0.3, -0.25) is 4.79 Å². The second-order valence-electron chi connectivity index (χ2n) is 11.1. The third-order valence-electron chi connectivity index (χ3n) is 7.85. The first-order valence-electron chi connectivity index (χ1n) is 14.5. The number of anilines is 1. The lowest BCUT2D eigenvalue weighted by Crippen LogP contribution is -2.33. The van der Waals surface area contributed by atoms with Crippen molar-refractivity contribution in [2.45, 2.75) is 64.9 Å². The van der Waals surface area contributed by atoms with Crippen LogP contribution in [0.1, 0.15) is 86.4 Å². The predicted octanol–water partition coefficient (Wildman–Crippen LogP) is 8.64. The van der Waals surface area contributed by atoms with Crippen LogP contribution in [0, 0.1) is 5.92 Å². The van der Waals surface area contributed by atoms with Gasteiger partial charge in [-0.2, -0.15) is 0 Å². The van der Waals surface area contributed by atoms with Crippen LogP contribution in [0.5, 0.6) is 5.75 Å². The van der Waals surface area contributed by atoms with E-state index < -0.39 is 0 Å². The van der Waals surface area contributed by atoms with E-state index in [0.29, 0.717) is 23.1 Å². The van der Waals surface area contributed by atoms with E-state index in [9.17, 15) is 4.79 Å². The van der Waals surface area contributed by atoms with E-state index in [4.69, 9.17) is 4.74 Å². The topological polar surface area (TPSA) is 41.6 Å². The van der Waals surface area contributed by atoms with Gasteiger partial charge in [0.15, 0.2) is 5.78 Å². The zero-order valence-corrected chi connectivity index (χ0v) is 23.9. The molecule has 0 bridgehead atoms. The molecule has 1 atom stereocenters. The summed E-state index contributed by atoms with van der Waals surface area (Å²) in [6.07, 6.45) is 5.48. The van der Waals surface area contributed by atoms with Crippen LogP contribution >= 0.6 is 0 Å². The number of Topliss-reactive ketones (excluding diaryl/α,β-unsaturated/α-hetero) is 1. The van der Waals surface area contributed by atoms with Gasteiger partial charge in [-0.1, -0.05) is 75.0 Å². The number of nitrogens with zero attached hydrogens (tertiary/aromatic N) is 1. The van der Waals surface area contributed by atoms with Gasteiger partial charge >= 0.3 is 0 Å². The molecule has 1 heterocycles. The van der Waals surface area contributed by atoms with Crippen molar-refractivity contribution in [3.63, 3.8) is 0 Å². The van der Waals surface area contributed by atoms with Gasteiger partial charge in [-0.15, -0.1) is 0 Å². The number of rotatable bonds is 13. The van der Waals surface area contributed by atoms with Crippen molar-refractivity contribution in [1.82, 2.24) is 4.90 Å². The average molecular weight is 525 g/mol. The molecular formula is C35H44N2O2. The third kappa shape index (κ3) is 8.31. The fourth-order valence-corrected chi connectivity index (χ4v) is 5.33. The number of likely N-dealkylation sites (tertiary alicyclic amines) is 1. The minimum absolute atomic E-state index is 0.0322. The molecule has 1 N–H and O–H groups in total. The SMILES string of the molecule is C=C(Nc1cccc(C2CCN(CCCCC(Oc3ccccc3C(C)=O)c3ccccc3)CC2)c1)C(C)C. The summed E-state index contributed by atoms with van der Waals surface area (Å²) >= 11 is 0. The van der Waals surface area contributed by atoms with Crippen molar-refractivity contribution in [3.05, 3.63) is 108 Å². The Bertz CT molecular complexity index is 1210. The van der Waals surface area contributed by atoms with Crippen LogP contribution in [0.2, 0.25) is 0 Å². The molecular weight excluding hydrogens is 480 g/mol. The normalized spacial score (nSPS) is 15.2. The highest BCUT2D eigenvalue weighted by Crippen LogP contribution is 2.32. The Morgan fingerprint density at radius 2 is 1.69 bits per heavy atom. The van der Waals surface area contributed by atoms with E-state index in [1.807, 2.05) is 30.3 Å². The van der Waals surface area contributed by atoms with Crippen molar-refractivity contribution in [2.24, 2.45) is 5.92 Å². The maximum absolute atomic E-state index is 12.1. The van der Waals surface area contributed by atoms with Crippen LogP contribution in [0.3, 0.4) is 0 Å². The second-order valence-corrected chi connectivity index (χ2v) is 11.1. The maximum Gasteiger partial charge on any atom is 0.163 e. The molecule has 3 aromatic carbocycles. The fraction of sp³-hybridized carbons (Fsp3) is 0.400. The molecule has 1 aliphatic heterocycles. The Hall–Kier alpha value is -3.37. The zero-order chi connectivity index (χ0) is 27.6. The highest BCUT2D eigenvalue weighted by molar-refractivity contribution is 5.96. The molecule has 0 saturated carbocycles. The van der Waals surface area contributed by atoms with E-state index in [1.54, 1.807) is 6.92 Å².